The molecule has 1 amide bonds. The Hall–Kier alpha value is -2.54. The van der Waals surface area contributed by atoms with Crippen LogP contribution in [0.1, 0.15) is 50.6 Å². The summed E-state index contributed by atoms with van der Waals surface area (Å²) in [5.41, 5.74) is 1.79. The summed E-state index contributed by atoms with van der Waals surface area (Å²) in [6, 6.07) is 0. The first-order chi connectivity index (χ1) is 13.5. The smallest absolute Gasteiger partial charge is 0.253 e. The topological polar surface area (TPSA) is 80.4 Å². The van der Waals surface area contributed by atoms with E-state index in [4.69, 9.17) is 4.42 Å². The summed E-state index contributed by atoms with van der Waals surface area (Å²) in [6.45, 7) is 10.0. The van der Waals surface area contributed by atoms with E-state index in [1.165, 1.54) is 11.3 Å². The minimum atomic E-state index is -0.0722. The number of aromatic nitrogens is 2. The number of rotatable bonds is 5. The van der Waals surface area contributed by atoms with E-state index in [2.05, 4.69) is 34.1 Å². The first-order valence-corrected chi connectivity index (χ1v) is 10.3. The van der Waals surface area contributed by atoms with Crippen molar-refractivity contribution in [2.75, 3.05) is 5.32 Å². The number of nitrogens with zero attached hydrogens (tertiary/aromatic N) is 3. The van der Waals surface area contributed by atoms with Gasteiger partial charge in [-0.1, -0.05) is 26.8 Å². The molecule has 6 nitrogen and oxygen atoms in total. The number of allylic oxidation sites excluding steroid dienone is 3. The zero-order valence-corrected chi connectivity index (χ0v) is 18.0. The Kier molecular flexibility index (Phi) is 8.32. The summed E-state index contributed by atoms with van der Waals surface area (Å²) in [5.74, 6) is 2.01. The minimum absolute atomic E-state index is 0.0722. The van der Waals surface area contributed by atoms with E-state index in [0.29, 0.717) is 11.6 Å². The minimum Gasteiger partial charge on any atom is -0.446 e. The Labute approximate surface area is 170 Å². The van der Waals surface area contributed by atoms with Crippen molar-refractivity contribution in [3.8, 4) is 0 Å². The third kappa shape index (κ3) is 6.27. The molecule has 7 heteroatoms. The first kappa shape index (κ1) is 21.8. The van der Waals surface area contributed by atoms with Crippen molar-refractivity contribution in [1.29, 1.82) is 0 Å². The highest BCUT2D eigenvalue weighted by atomic mass is 32.1. The lowest BCUT2D eigenvalue weighted by Gasteiger charge is -2.17. The van der Waals surface area contributed by atoms with E-state index in [1.807, 2.05) is 32.9 Å². The van der Waals surface area contributed by atoms with Gasteiger partial charge in [-0.15, -0.1) is 11.3 Å². The van der Waals surface area contributed by atoms with Gasteiger partial charge in [-0.05, 0) is 26.3 Å². The molecule has 1 aliphatic carbocycles. The Morgan fingerprint density at radius 3 is 2.61 bits per heavy atom. The lowest BCUT2D eigenvalue weighted by molar-refractivity contribution is -0.113. The molecule has 1 unspecified atom stereocenters. The van der Waals surface area contributed by atoms with Gasteiger partial charge in [0.25, 0.3) is 5.91 Å². The lowest BCUT2D eigenvalue weighted by Crippen LogP contribution is -2.18. The molecule has 0 aromatic carbocycles. The number of carbonyl (C=O) groups is 1. The van der Waals surface area contributed by atoms with Gasteiger partial charge in [0.15, 0.2) is 11.0 Å². The van der Waals surface area contributed by atoms with Crippen LogP contribution >= 0.6 is 11.3 Å². The molecule has 1 aliphatic rings. The van der Waals surface area contributed by atoms with Gasteiger partial charge in [-0.3, -0.25) is 15.1 Å². The van der Waals surface area contributed by atoms with Crippen molar-refractivity contribution in [3.63, 3.8) is 0 Å². The largest absolute Gasteiger partial charge is 0.446 e. The van der Waals surface area contributed by atoms with Crippen LogP contribution in [0.3, 0.4) is 0 Å². The van der Waals surface area contributed by atoms with Crippen LogP contribution in [0.15, 0.2) is 45.2 Å². The van der Waals surface area contributed by atoms with E-state index < -0.39 is 0 Å². The average Bonchev–Trinajstić information content (AvgIpc) is 3.32. The van der Waals surface area contributed by atoms with Gasteiger partial charge in [-0.25, -0.2) is 9.97 Å². The lowest BCUT2D eigenvalue weighted by atomic mass is 9.92. The summed E-state index contributed by atoms with van der Waals surface area (Å²) in [6.07, 6.45) is 11.6. The van der Waals surface area contributed by atoms with Crippen molar-refractivity contribution < 1.29 is 9.21 Å². The molecule has 0 aliphatic heterocycles. The predicted octanol–water partition coefficient (Wildman–Crippen LogP) is 5.13. The van der Waals surface area contributed by atoms with Crippen LogP contribution in [0.4, 0.5) is 5.13 Å². The molecular weight excluding hydrogens is 372 g/mol. The predicted molar refractivity (Wildman–Crippen MR) is 115 cm³/mol. The van der Waals surface area contributed by atoms with E-state index >= 15 is 0 Å². The van der Waals surface area contributed by atoms with Crippen molar-refractivity contribution in [1.82, 2.24) is 9.97 Å². The number of aryl methyl sites for hydroxylation is 3. The quantitative estimate of drug-likeness (QED) is 0.706. The van der Waals surface area contributed by atoms with E-state index in [9.17, 15) is 4.79 Å². The SMILES string of the molecule is CC=NC1=CC=C(C(=O)Nc2ncc(C)s2)CC1C.CCc1cnc(CC)o1. The fourth-order valence-electron chi connectivity index (χ4n) is 2.61. The normalized spacial score (nSPS) is 16.2. The van der Waals surface area contributed by atoms with Gasteiger partial charge < -0.3 is 4.42 Å². The summed E-state index contributed by atoms with van der Waals surface area (Å²) >= 11 is 1.48. The molecule has 150 valence electrons. The fourth-order valence-corrected chi connectivity index (χ4v) is 3.26. The summed E-state index contributed by atoms with van der Waals surface area (Å²) in [4.78, 5) is 25.7. The molecule has 28 heavy (non-hydrogen) atoms. The van der Waals surface area contributed by atoms with Crippen molar-refractivity contribution in [2.45, 2.75) is 53.9 Å². The van der Waals surface area contributed by atoms with Gasteiger partial charge in [0, 0.05) is 47.3 Å². The van der Waals surface area contributed by atoms with Crippen LogP contribution in [0, 0.1) is 12.8 Å². The third-order valence-corrected chi connectivity index (χ3v) is 4.98. The molecule has 2 aromatic rings. The third-order valence-electron chi connectivity index (χ3n) is 4.15. The number of amides is 1. The Balaban J connectivity index is 0.000000261. The number of nitrogens with one attached hydrogen (secondary N) is 1. The molecule has 0 saturated carbocycles. The number of anilines is 1. The highest BCUT2D eigenvalue weighted by molar-refractivity contribution is 7.15. The maximum atomic E-state index is 12.1. The van der Waals surface area contributed by atoms with Crippen LogP contribution in [-0.4, -0.2) is 22.1 Å². The highest BCUT2D eigenvalue weighted by Gasteiger charge is 2.19. The van der Waals surface area contributed by atoms with Crippen LogP contribution in [0.25, 0.3) is 0 Å². The maximum Gasteiger partial charge on any atom is 0.253 e. The van der Waals surface area contributed by atoms with Gasteiger partial charge in [0.2, 0.25) is 0 Å². The van der Waals surface area contributed by atoms with E-state index in [0.717, 1.165) is 40.6 Å². The number of oxazole rings is 1. The van der Waals surface area contributed by atoms with Gasteiger partial charge >= 0.3 is 0 Å². The van der Waals surface area contributed by atoms with Crippen LogP contribution < -0.4 is 5.32 Å². The molecule has 0 bridgehead atoms. The summed E-state index contributed by atoms with van der Waals surface area (Å²) in [5, 5.41) is 3.48. The molecule has 1 N–H and O–H groups in total. The van der Waals surface area contributed by atoms with Gasteiger partial charge in [0.1, 0.15) is 5.76 Å². The van der Waals surface area contributed by atoms with E-state index in [1.54, 1.807) is 18.6 Å². The summed E-state index contributed by atoms with van der Waals surface area (Å²) in [7, 11) is 0. The van der Waals surface area contributed by atoms with Crippen molar-refractivity contribution >= 4 is 28.6 Å². The molecule has 2 aromatic heterocycles. The molecule has 0 spiro atoms. The monoisotopic (exact) mass is 400 g/mol. The van der Waals surface area contributed by atoms with Crippen molar-refractivity contribution in [3.05, 3.63) is 52.3 Å². The molecule has 2 heterocycles. The molecule has 0 fully saturated rings. The molecule has 1 atom stereocenters. The maximum absolute atomic E-state index is 12.1. The number of carbonyl (C=O) groups excluding carboxylic acids is 1. The van der Waals surface area contributed by atoms with Crippen LogP contribution in [0.2, 0.25) is 0 Å². The Morgan fingerprint density at radius 1 is 1.32 bits per heavy atom. The number of thiazole rings is 1. The molecule has 3 rings (SSSR count). The number of hydrogen-bond acceptors (Lipinski definition) is 6. The second-order valence-corrected chi connectivity index (χ2v) is 7.67. The zero-order chi connectivity index (χ0) is 20.5. The molecule has 0 saturated heterocycles. The number of hydrogen-bond donors (Lipinski definition) is 1. The molecular formula is C21H28N4O2S. The van der Waals surface area contributed by atoms with Crippen molar-refractivity contribution in [2.24, 2.45) is 10.9 Å². The zero-order valence-electron chi connectivity index (χ0n) is 17.2. The number of aliphatic imine (C=N–C) groups is 1. The second-order valence-electron chi connectivity index (χ2n) is 6.43. The highest BCUT2D eigenvalue weighted by Crippen LogP contribution is 2.27. The van der Waals surface area contributed by atoms with Crippen LogP contribution in [0.5, 0.6) is 0 Å². The average molecular weight is 401 g/mol. The standard InChI is InChI=1S/C14H17N3OS.C7H11NO/c1-4-15-12-6-5-11(7-9(12)2)13(18)17-14-16-8-10(3)19-14;1-3-6-5-8-7(4-2)9-6/h4-6,8-9H,7H2,1-3H3,(H,16,17,18);5H,3-4H2,1-2H3. The Bertz CT molecular complexity index is 858. The Morgan fingerprint density at radius 2 is 2.11 bits per heavy atom. The van der Waals surface area contributed by atoms with Crippen LogP contribution in [-0.2, 0) is 17.6 Å². The molecule has 0 radical (unpaired) electrons. The van der Waals surface area contributed by atoms with E-state index in [-0.39, 0.29) is 11.8 Å². The van der Waals surface area contributed by atoms with Gasteiger partial charge in [0.05, 0.1) is 6.20 Å². The fraction of sp³-hybridized carbons (Fsp3) is 0.429. The van der Waals surface area contributed by atoms with Gasteiger partial charge in [-0.2, -0.15) is 0 Å². The second kappa shape index (κ2) is 10.7. The summed E-state index contributed by atoms with van der Waals surface area (Å²) < 4.78 is 5.27. The first-order valence-electron chi connectivity index (χ1n) is 9.53.